The lowest BCUT2D eigenvalue weighted by Crippen LogP contribution is -2.24. The number of halogens is 1. The first-order valence-electron chi connectivity index (χ1n) is 3.90. The Kier molecular flexibility index (Phi) is 2.72. The summed E-state index contributed by atoms with van der Waals surface area (Å²) in [6.45, 7) is 2.13. The van der Waals surface area contributed by atoms with Crippen LogP contribution in [0.1, 0.15) is 32.6 Å². The maximum Gasteiger partial charge on any atom is 0.150 e. The van der Waals surface area contributed by atoms with E-state index in [1.807, 2.05) is 0 Å². The Bertz CT molecular complexity index is 133. The van der Waals surface area contributed by atoms with Crippen molar-refractivity contribution in [3.05, 3.63) is 0 Å². The standard InChI is InChI=1S/C8H13ClO/c1-2-6-3-4-7(9)8(10)5-6/h6-7H,2-5H2,1H3. The molecule has 0 aromatic rings. The van der Waals surface area contributed by atoms with Gasteiger partial charge >= 0.3 is 0 Å². The van der Waals surface area contributed by atoms with Crippen LogP contribution in [0.5, 0.6) is 0 Å². The van der Waals surface area contributed by atoms with Crippen LogP contribution in [0.4, 0.5) is 0 Å². The number of Topliss-reactive ketones (excluding diaryl/α,β-unsaturated/α-hetero) is 1. The van der Waals surface area contributed by atoms with Gasteiger partial charge < -0.3 is 0 Å². The van der Waals surface area contributed by atoms with E-state index in [-0.39, 0.29) is 11.2 Å². The second kappa shape index (κ2) is 3.38. The summed E-state index contributed by atoms with van der Waals surface area (Å²) in [5.41, 5.74) is 0. The summed E-state index contributed by atoms with van der Waals surface area (Å²) in [6.07, 6.45) is 3.86. The molecule has 0 aromatic heterocycles. The van der Waals surface area contributed by atoms with Gasteiger partial charge in [-0.3, -0.25) is 4.79 Å². The first-order valence-corrected chi connectivity index (χ1v) is 4.34. The molecule has 1 nitrogen and oxygen atoms in total. The fraction of sp³-hybridized carbons (Fsp3) is 0.875. The Morgan fingerprint density at radius 3 is 2.80 bits per heavy atom. The van der Waals surface area contributed by atoms with Gasteiger partial charge in [0.1, 0.15) is 0 Å². The van der Waals surface area contributed by atoms with Gasteiger partial charge in [-0.2, -0.15) is 0 Å². The van der Waals surface area contributed by atoms with Crippen LogP contribution in [0, 0.1) is 5.92 Å². The molecule has 0 bridgehead atoms. The highest BCUT2D eigenvalue weighted by Crippen LogP contribution is 2.26. The zero-order valence-electron chi connectivity index (χ0n) is 6.27. The molecular formula is C8H13ClO. The van der Waals surface area contributed by atoms with Gasteiger partial charge in [-0.05, 0) is 18.8 Å². The molecule has 1 rings (SSSR count). The van der Waals surface area contributed by atoms with E-state index < -0.39 is 0 Å². The van der Waals surface area contributed by atoms with Crippen molar-refractivity contribution in [1.82, 2.24) is 0 Å². The number of ketones is 1. The molecule has 0 amide bonds. The molecule has 0 N–H and O–H groups in total. The Morgan fingerprint density at radius 2 is 2.30 bits per heavy atom. The lowest BCUT2D eigenvalue weighted by atomic mass is 9.86. The third kappa shape index (κ3) is 1.72. The summed E-state index contributed by atoms with van der Waals surface area (Å²) < 4.78 is 0. The molecule has 58 valence electrons. The van der Waals surface area contributed by atoms with Crippen LogP contribution in [0.25, 0.3) is 0 Å². The van der Waals surface area contributed by atoms with Crippen LogP contribution < -0.4 is 0 Å². The van der Waals surface area contributed by atoms with Gasteiger partial charge in [-0.25, -0.2) is 0 Å². The number of alkyl halides is 1. The fourth-order valence-electron chi connectivity index (χ4n) is 1.41. The summed E-state index contributed by atoms with van der Waals surface area (Å²) in [5, 5.41) is -0.178. The van der Waals surface area contributed by atoms with E-state index in [0.717, 1.165) is 19.3 Å². The van der Waals surface area contributed by atoms with Gasteiger partial charge in [-0.15, -0.1) is 11.6 Å². The number of rotatable bonds is 1. The van der Waals surface area contributed by atoms with Crippen LogP contribution in [-0.2, 0) is 4.79 Å². The summed E-state index contributed by atoms with van der Waals surface area (Å²) >= 11 is 5.74. The van der Waals surface area contributed by atoms with E-state index in [1.165, 1.54) is 0 Å². The zero-order valence-corrected chi connectivity index (χ0v) is 7.03. The average Bonchev–Trinajstić information content (AvgIpc) is 1.95. The third-order valence-electron chi connectivity index (χ3n) is 2.24. The van der Waals surface area contributed by atoms with Crippen molar-refractivity contribution in [2.75, 3.05) is 0 Å². The molecule has 2 atom stereocenters. The van der Waals surface area contributed by atoms with Crippen molar-refractivity contribution < 1.29 is 4.79 Å². The number of hydrogen-bond donors (Lipinski definition) is 0. The molecule has 0 saturated heterocycles. The first-order chi connectivity index (χ1) is 4.74. The highest BCUT2D eigenvalue weighted by atomic mass is 35.5. The number of carbonyl (C=O) groups is 1. The molecule has 0 radical (unpaired) electrons. The van der Waals surface area contributed by atoms with Crippen LogP contribution in [0.3, 0.4) is 0 Å². The second-order valence-corrected chi connectivity index (χ2v) is 3.52. The van der Waals surface area contributed by atoms with Crippen LogP contribution in [0.2, 0.25) is 0 Å². The topological polar surface area (TPSA) is 17.1 Å². The van der Waals surface area contributed by atoms with Gasteiger partial charge in [-0.1, -0.05) is 13.3 Å². The minimum atomic E-state index is -0.178. The maximum atomic E-state index is 11.0. The van der Waals surface area contributed by atoms with Crippen LogP contribution >= 0.6 is 11.6 Å². The van der Waals surface area contributed by atoms with Crippen LogP contribution in [-0.4, -0.2) is 11.2 Å². The summed E-state index contributed by atoms with van der Waals surface area (Å²) in [4.78, 5) is 11.0. The van der Waals surface area contributed by atoms with E-state index >= 15 is 0 Å². The predicted octanol–water partition coefficient (Wildman–Crippen LogP) is 2.37. The normalized spacial score (nSPS) is 34.4. The molecule has 2 unspecified atom stereocenters. The SMILES string of the molecule is CCC1CCC(Cl)C(=O)C1. The van der Waals surface area contributed by atoms with Gasteiger partial charge in [0.05, 0.1) is 5.38 Å². The summed E-state index contributed by atoms with van der Waals surface area (Å²) in [5.74, 6) is 0.863. The fourth-order valence-corrected chi connectivity index (χ4v) is 1.62. The largest absolute Gasteiger partial charge is 0.298 e. The number of hydrogen-bond acceptors (Lipinski definition) is 1. The minimum absolute atomic E-state index is 0.178. The first kappa shape index (κ1) is 8.06. The molecule has 0 spiro atoms. The Morgan fingerprint density at radius 1 is 1.60 bits per heavy atom. The highest BCUT2D eigenvalue weighted by molar-refractivity contribution is 6.31. The monoisotopic (exact) mass is 160 g/mol. The van der Waals surface area contributed by atoms with Crippen molar-refractivity contribution in [3.63, 3.8) is 0 Å². The van der Waals surface area contributed by atoms with Gasteiger partial charge in [0.15, 0.2) is 5.78 Å². The van der Waals surface area contributed by atoms with Gasteiger partial charge in [0, 0.05) is 6.42 Å². The molecule has 0 heterocycles. The van der Waals surface area contributed by atoms with E-state index in [1.54, 1.807) is 0 Å². The molecule has 1 saturated carbocycles. The van der Waals surface area contributed by atoms with E-state index in [4.69, 9.17) is 11.6 Å². The van der Waals surface area contributed by atoms with E-state index in [0.29, 0.717) is 12.3 Å². The third-order valence-corrected chi connectivity index (χ3v) is 2.71. The van der Waals surface area contributed by atoms with Crippen molar-refractivity contribution >= 4 is 17.4 Å². The second-order valence-electron chi connectivity index (χ2n) is 2.99. The van der Waals surface area contributed by atoms with Crippen LogP contribution in [0.15, 0.2) is 0 Å². The van der Waals surface area contributed by atoms with E-state index in [2.05, 4.69) is 6.92 Å². The quantitative estimate of drug-likeness (QED) is 0.539. The smallest absolute Gasteiger partial charge is 0.150 e. The molecular weight excluding hydrogens is 148 g/mol. The van der Waals surface area contributed by atoms with E-state index in [9.17, 15) is 4.79 Å². The van der Waals surface area contributed by atoms with Crippen molar-refractivity contribution in [3.8, 4) is 0 Å². The molecule has 1 aliphatic carbocycles. The molecule has 0 aliphatic heterocycles. The summed E-state index contributed by atoms with van der Waals surface area (Å²) in [6, 6.07) is 0. The maximum absolute atomic E-state index is 11.0. The lowest BCUT2D eigenvalue weighted by Gasteiger charge is -2.22. The van der Waals surface area contributed by atoms with Crippen molar-refractivity contribution in [1.29, 1.82) is 0 Å². The molecule has 0 aromatic carbocycles. The van der Waals surface area contributed by atoms with Crippen molar-refractivity contribution in [2.24, 2.45) is 5.92 Å². The summed E-state index contributed by atoms with van der Waals surface area (Å²) in [7, 11) is 0. The number of carbonyl (C=O) groups excluding carboxylic acids is 1. The molecule has 1 fully saturated rings. The molecule has 10 heavy (non-hydrogen) atoms. The Labute approximate surface area is 66.8 Å². The minimum Gasteiger partial charge on any atom is -0.298 e. The van der Waals surface area contributed by atoms with Gasteiger partial charge in [0.25, 0.3) is 0 Å². The molecule has 2 heteroatoms. The highest BCUT2D eigenvalue weighted by Gasteiger charge is 2.25. The Balaban J connectivity index is 2.41. The Hall–Kier alpha value is -0.0400. The lowest BCUT2D eigenvalue weighted by molar-refractivity contribution is -0.121. The van der Waals surface area contributed by atoms with Gasteiger partial charge in [0.2, 0.25) is 0 Å². The molecule has 1 aliphatic rings. The predicted molar refractivity (Wildman–Crippen MR) is 42.3 cm³/mol. The zero-order chi connectivity index (χ0) is 7.56. The average molecular weight is 161 g/mol. The van der Waals surface area contributed by atoms with Crippen molar-refractivity contribution in [2.45, 2.75) is 38.0 Å².